The monoisotopic (exact) mass is 397 g/mol. The van der Waals surface area contributed by atoms with Gasteiger partial charge in [-0.2, -0.15) is 0 Å². The quantitative estimate of drug-likeness (QED) is 0.337. The molecule has 0 unspecified atom stereocenters. The highest BCUT2D eigenvalue weighted by molar-refractivity contribution is 6.09. The highest BCUT2D eigenvalue weighted by Gasteiger charge is 2.55. The van der Waals surface area contributed by atoms with Gasteiger partial charge in [-0.3, -0.25) is 24.1 Å². The number of hydrogen-bond acceptors (Lipinski definition) is 7. The molecule has 156 valence electrons. The summed E-state index contributed by atoms with van der Waals surface area (Å²) in [7, 11) is 1.28. The molecule has 4 amide bonds. The molecule has 0 aromatic rings. The number of carbonyl (C=O) groups is 5. The Kier molecular flexibility index (Phi) is 7.36. The number of carbonyl (C=O) groups excluding carboxylic acids is 5. The second-order valence-electron chi connectivity index (χ2n) is 7.13. The van der Waals surface area contributed by atoms with Crippen molar-refractivity contribution in [2.45, 2.75) is 51.0 Å². The van der Waals surface area contributed by atoms with E-state index in [-0.39, 0.29) is 24.9 Å². The first-order valence-electron chi connectivity index (χ1n) is 9.43. The van der Waals surface area contributed by atoms with Crippen LogP contribution in [0.3, 0.4) is 0 Å². The molecule has 10 heteroatoms. The van der Waals surface area contributed by atoms with Crippen LogP contribution in [0.5, 0.6) is 0 Å². The SMILES string of the molecule is COC(=O)CCCNC(=O)COC(=O)CN1C(=O)N[C@]2(CCCC[C@@H]2C)C1=O. The van der Waals surface area contributed by atoms with E-state index in [1.807, 2.05) is 6.92 Å². The Bertz CT molecular complexity index is 651. The molecule has 2 fully saturated rings. The van der Waals surface area contributed by atoms with E-state index in [1.54, 1.807) is 0 Å². The molecule has 1 heterocycles. The minimum absolute atomic E-state index is 0.00510. The lowest BCUT2D eigenvalue weighted by molar-refractivity contribution is -0.151. The van der Waals surface area contributed by atoms with Gasteiger partial charge in [0.1, 0.15) is 12.1 Å². The molecule has 2 rings (SSSR count). The Morgan fingerprint density at radius 3 is 2.68 bits per heavy atom. The van der Waals surface area contributed by atoms with Crippen molar-refractivity contribution >= 4 is 29.8 Å². The number of nitrogens with zero attached hydrogens (tertiary/aromatic N) is 1. The molecule has 0 bridgehead atoms. The normalized spacial score (nSPS) is 24.1. The van der Waals surface area contributed by atoms with Crippen LogP contribution < -0.4 is 10.6 Å². The highest BCUT2D eigenvalue weighted by Crippen LogP contribution is 2.38. The van der Waals surface area contributed by atoms with Crippen LogP contribution >= 0.6 is 0 Å². The minimum Gasteiger partial charge on any atom is -0.469 e. The maximum Gasteiger partial charge on any atom is 0.326 e. The summed E-state index contributed by atoms with van der Waals surface area (Å²) in [6.45, 7) is 1.10. The van der Waals surface area contributed by atoms with Crippen molar-refractivity contribution in [1.29, 1.82) is 0 Å². The topological polar surface area (TPSA) is 131 Å². The maximum atomic E-state index is 12.7. The lowest BCUT2D eigenvalue weighted by Gasteiger charge is -2.36. The molecule has 1 saturated heterocycles. The molecule has 2 N–H and O–H groups in total. The predicted octanol–water partition coefficient (Wildman–Crippen LogP) is 0.0997. The Balaban J connectivity index is 1.75. The zero-order chi connectivity index (χ0) is 20.7. The van der Waals surface area contributed by atoms with Crippen molar-refractivity contribution in [1.82, 2.24) is 15.5 Å². The average molecular weight is 397 g/mol. The van der Waals surface area contributed by atoms with E-state index in [0.29, 0.717) is 12.8 Å². The van der Waals surface area contributed by atoms with Gasteiger partial charge >= 0.3 is 18.0 Å². The van der Waals surface area contributed by atoms with Crippen LogP contribution in [0.15, 0.2) is 0 Å². The fourth-order valence-electron chi connectivity index (χ4n) is 3.57. The van der Waals surface area contributed by atoms with E-state index in [0.717, 1.165) is 24.2 Å². The number of ether oxygens (including phenoxy) is 2. The van der Waals surface area contributed by atoms with Crippen molar-refractivity contribution in [3.05, 3.63) is 0 Å². The van der Waals surface area contributed by atoms with Gasteiger partial charge in [0, 0.05) is 13.0 Å². The summed E-state index contributed by atoms with van der Waals surface area (Å²) in [4.78, 5) is 60.4. The van der Waals surface area contributed by atoms with Crippen LogP contribution in [0.4, 0.5) is 4.79 Å². The standard InChI is InChI=1S/C18H27N3O7/c1-12-6-3-4-8-18(12)16(25)21(17(26)20-18)10-15(24)28-11-13(22)19-9-5-7-14(23)27-2/h12H,3-11H2,1-2H3,(H,19,22)(H,20,26)/t12-,18-/m0/s1. The van der Waals surface area contributed by atoms with Gasteiger partial charge < -0.3 is 20.1 Å². The third-order valence-corrected chi connectivity index (χ3v) is 5.26. The molecule has 1 saturated carbocycles. The largest absolute Gasteiger partial charge is 0.469 e. The molecule has 2 atom stereocenters. The molecule has 28 heavy (non-hydrogen) atoms. The number of amides is 4. The van der Waals surface area contributed by atoms with Gasteiger partial charge in [0.15, 0.2) is 6.61 Å². The zero-order valence-corrected chi connectivity index (χ0v) is 16.2. The molecule has 0 radical (unpaired) electrons. The Hall–Kier alpha value is -2.65. The molecule has 10 nitrogen and oxygen atoms in total. The van der Waals surface area contributed by atoms with Crippen molar-refractivity contribution in [3.63, 3.8) is 0 Å². The first-order valence-corrected chi connectivity index (χ1v) is 9.43. The Morgan fingerprint density at radius 1 is 1.25 bits per heavy atom. The summed E-state index contributed by atoms with van der Waals surface area (Å²) >= 11 is 0. The number of nitrogens with one attached hydrogen (secondary N) is 2. The Morgan fingerprint density at radius 2 is 2.00 bits per heavy atom. The minimum atomic E-state index is -0.938. The molecule has 1 spiro atoms. The molecule has 2 aliphatic rings. The van der Waals surface area contributed by atoms with Gasteiger partial charge in [0.2, 0.25) is 0 Å². The average Bonchev–Trinajstić information content (AvgIpc) is 2.90. The molecular formula is C18H27N3O7. The first-order chi connectivity index (χ1) is 13.3. The van der Waals surface area contributed by atoms with E-state index in [2.05, 4.69) is 15.4 Å². The van der Waals surface area contributed by atoms with Gasteiger partial charge in [0.05, 0.1) is 7.11 Å². The highest BCUT2D eigenvalue weighted by atomic mass is 16.5. The number of methoxy groups -OCH3 is 1. The van der Waals surface area contributed by atoms with Crippen LogP contribution in [-0.2, 0) is 28.7 Å². The Labute approximate surface area is 163 Å². The zero-order valence-electron chi connectivity index (χ0n) is 16.2. The van der Waals surface area contributed by atoms with Crippen LogP contribution in [-0.4, -0.2) is 67.0 Å². The molecule has 0 aromatic carbocycles. The first kappa shape index (κ1) is 21.6. The smallest absolute Gasteiger partial charge is 0.326 e. The van der Waals surface area contributed by atoms with E-state index >= 15 is 0 Å². The van der Waals surface area contributed by atoms with E-state index < -0.39 is 42.5 Å². The van der Waals surface area contributed by atoms with Gasteiger partial charge in [-0.05, 0) is 25.2 Å². The third kappa shape index (κ3) is 4.99. The van der Waals surface area contributed by atoms with Crippen LogP contribution in [0, 0.1) is 5.92 Å². The molecule has 0 aromatic heterocycles. The summed E-state index contributed by atoms with van der Waals surface area (Å²) in [6.07, 6.45) is 3.80. The van der Waals surface area contributed by atoms with Crippen molar-refractivity contribution < 1.29 is 33.4 Å². The van der Waals surface area contributed by atoms with Crippen molar-refractivity contribution in [2.75, 3.05) is 26.8 Å². The van der Waals surface area contributed by atoms with E-state index in [1.165, 1.54) is 7.11 Å². The predicted molar refractivity (Wildman–Crippen MR) is 95.8 cm³/mol. The summed E-state index contributed by atoms with van der Waals surface area (Å²) in [5.41, 5.74) is -0.938. The second kappa shape index (κ2) is 9.52. The van der Waals surface area contributed by atoms with Crippen molar-refractivity contribution in [3.8, 4) is 0 Å². The van der Waals surface area contributed by atoms with Gasteiger partial charge in [-0.15, -0.1) is 0 Å². The number of imide groups is 1. The summed E-state index contributed by atoms with van der Waals surface area (Å²) in [6, 6.07) is -0.608. The summed E-state index contributed by atoms with van der Waals surface area (Å²) in [5.74, 6) is -2.16. The van der Waals surface area contributed by atoms with Crippen LogP contribution in [0.25, 0.3) is 0 Å². The van der Waals surface area contributed by atoms with Gasteiger partial charge in [-0.25, -0.2) is 4.79 Å². The van der Waals surface area contributed by atoms with Crippen LogP contribution in [0.1, 0.15) is 45.4 Å². The number of urea groups is 1. The summed E-state index contributed by atoms with van der Waals surface area (Å²) in [5, 5.41) is 5.25. The second-order valence-corrected chi connectivity index (χ2v) is 7.13. The molecular weight excluding hydrogens is 370 g/mol. The van der Waals surface area contributed by atoms with Crippen molar-refractivity contribution in [2.24, 2.45) is 5.92 Å². The van der Waals surface area contributed by atoms with Gasteiger partial charge in [-0.1, -0.05) is 19.8 Å². The molecule has 1 aliphatic carbocycles. The lowest BCUT2D eigenvalue weighted by Crippen LogP contribution is -2.54. The lowest BCUT2D eigenvalue weighted by atomic mass is 9.73. The van der Waals surface area contributed by atoms with Crippen LogP contribution in [0.2, 0.25) is 0 Å². The molecule has 1 aliphatic heterocycles. The number of hydrogen-bond donors (Lipinski definition) is 2. The fraction of sp³-hybridized carbons (Fsp3) is 0.722. The fourth-order valence-corrected chi connectivity index (χ4v) is 3.57. The van der Waals surface area contributed by atoms with E-state index in [9.17, 15) is 24.0 Å². The maximum absolute atomic E-state index is 12.7. The third-order valence-electron chi connectivity index (χ3n) is 5.26. The number of rotatable bonds is 8. The number of esters is 2. The van der Waals surface area contributed by atoms with Gasteiger partial charge in [0.25, 0.3) is 11.8 Å². The summed E-state index contributed by atoms with van der Waals surface area (Å²) < 4.78 is 9.33. The van der Waals surface area contributed by atoms with E-state index in [4.69, 9.17) is 4.74 Å².